The molecule has 0 bridgehead atoms. The van der Waals surface area contributed by atoms with Gasteiger partial charge in [0.2, 0.25) is 5.91 Å². The number of carbonyl (C=O) groups excluding carboxylic acids is 2. The van der Waals surface area contributed by atoms with E-state index < -0.39 is 28.0 Å². The van der Waals surface area contributed by atoms with Crippen molar-refractivity contribution in [3.8, 4) is 5.75 Å². The zero-order valence-corrected chi connectivity index (χ0v) is 16.6. The van der Waals surface area contributed by atoms with Gasteiger partial charge in [-0.1, -0.05) is 18.2 Å². The van der Waals surface area contributed by atoms with Gasteiger partial charge in [-0.2, -0.15) is 0 Å². The number of methoxy groups -OCH3 is 1. The molecular weight excluding hydrogens is 396 g/mol. The Morgan fingerprint density at radius 3 is 2.66 bits per heavy atom. The summed E-state index contributed by atoms with van der Waals surface area (Å²) in [5.74, 6) is -0.0261. The molecule has 1 saturated heterocycles. The Labute approximate surface area is 168 Å². The maximum Gasteiger partial charge on any atom is 0.315 e. The van der Waals surface area contributed by atoms with Crippen molar-refractivity contribution in [2.24, 2.45) is 5.73 Å². The molecule has 0 radical (unpaired) electrons. The summed E-state index contributed by atoms with van der Waals surface area (Å²) in [6.07, 6.45) is 1.18. The van der Waals surface area contributed by atoms with Crippen LogP contribution in [0.4, 0.5) is 16.2 Å². The summed E-state index contributed by atoms with van der Waals surface area (Å²) in [6.45, 7) is 0.421. The zero-order chi connectivity index (χ0) is 21.0. The number of benzene rings is 2. The van der Waals surface area contributed by atoms with Gasteiger partial charge in [-0.3, -0.25) is 9.52 Å². The maximum atomic E-state index is 12.8. The summed E-state index contributed by atoms with van der Waals surface area (Å²) in [4.78, 5) is 25.2. The van der Waals surface area contributed by atoms with Gasteiger partial charge in [0.05, 0.1) is 17.7 Å². The number of primary amides is 1. The first kappa shape index (κ1) is 20.5. The number of carbonyl (C=O) groups is 2. The van der Waals surface area contributed by atoms with E-state index in [9.17, 15) is 18.0 Å². The second-order valence-corrected chi connectivity index (χ2v) is 8.19. The molecule has 3 rings (SSSR count). The number of nitrogens with two attached hydrogens (primary N) is 1. The molecule has 0 aliphatic carbocycles. The van der Waals surface area contributed by atoms with Crippen molar-refractivity contribution in [2.45, 2.75) is 23.8 Å². The number of likely N-dealkylation sites (tertiary alicyclic amines) is 1. The van der Waals surface area contributed by atoms with Gasteiger partial charge in [-0.05, 0) is 43.2 Å². The first-order chi connectivity index (χ1) is 13.8. The highest BCUT2D eigenvalue weighted by molar-refractivity contribution is 7.92. The second-order valence-electron chi connectivity index (χ2n) is 6.51. The van der Waals surface area contributed by atoms with E-state index in [2.05, 4.69) is 10.0 Å². The van der Waals surface area contributed by atoms with E-state index in [4.69, 9.17) is 10.5 Å². The van der Waals surface area contributed by atoms with Crippen LogP contribution in [-0.2, 0) is 14.8 Å². The fourth-order valence-corrected chi connectivity index (χ4v) is 4.32. The molecule has 3 amide bonds. The lowest BCUT2D eigenvalue weighted by atomic mass is 10.2. The molecule has 1 aliphatic rings. The third-order valence-corrected chi connectivity index (χ3v) is 5.96. The zero-order valence-electron chi connectivity index (χ0n) is 15.8. The van der Waals surface area contributed by atoms with E-state index in [-0.39, 0.29) is 4.90 Å². The van der Waals surface area contributed by atoms with Crippen LogP contribution in [0.15, 0.2) is 53.4 Å². The Morgan fingerprint density at radius 2 is 1.93 bits per heavy atom. The Morgan fingerprint density at radius 1 is 1.17 bits per heavy atom. The van der Waals surface area contributed by atoms with E-state index in [0.29, 0.717) is 36.5 Å². The molecule has 4 N–H and O–H groups in total. The van der Waals surface area contributed by atoms with Gasteiger partial charge in [0, 0.05) is 12.2 Å². The van der Waals surface area contributed by atoms with Crippen LogP contribution in [0.2, 0.25) is 0 Å². The number of sulfonamides is 1. The summed E-state index contributed by atoms with van der Waals surface area (Å²) in [6, 6.07) is 11.2. The van der Waals surface area contributed by atoms with Crippen molar-refractivity contribution < 1.29 is 22.7 Å². The molecule has 1 fully saturated rings. The van der Waals surface area contributed by atoms with Crippen LogP contribution in [0.1, 0.15) is 12.8 Å². The third-order valence-electron chi connectivity index (χ3n) is 4.60. The summed E-state index contributed by atoms with van der Waals surface area (Å²) in [5, 5.41) is 2.66. The summed E-state index contributed by atoms with van der Waals surface area (Å²) in [7, 11) is -2.47. The molecule has 10 heteroatoms. The summed E-state index contributed by atoms with van der Waals surface area (Å²) in [5.41, 5.74) is 5.91. The molecule has 9 nitrogen and oxygen atoms in total. The van der Waals surface area contributed by atoms with Crippen LogP contribution in [0.5, 0.6) is 5.75 Å². The Kier molecular flexibility index (Phi) is 5.92. The molecule has 0 aromatic heterocycles. The largest absolute Gasteiger partial charge is 0.495 e. The number of rotatable bonds is 6. The highest BCUT2D eigenvalue weighted by atomic mass is 32.2. The molecule has 1 atom stereocenters. The van der Waals surface area contributed by atoms with Crippen molar-refractivity contribution in [1.29, 1.82) is 0 Å². The monoisotopic (exact) mass is 418 g/mol. The molecular formula is C19H22N4O5S. The van der Waals surface area contributed by atoms with Gasteiger partial charge in [-0.25, -0.2) is 13.2 Å². The van der Waals surface area contributed by atoms with Gasteiger partial charge in [-0.15, -0.1) is 0 Å². The number of para-hydroxylation sites is 2. The number of nitrogens with one attached hydrogen (secondary N) is 2. The normalized spacial score (nSPS) is 16.3. The average Bonchev–Trinajstić information content (AvgIpc) is 3.19. The Balaban J connectivity index is 1.78. The first-order valence-corrected chi connectivity index (χ1v) is 10.4. The van der Waals surface area contributed by atoms with Crippen molar-refractivity contribution in [3.05, 3.63) is 48.5 Å². The Bertz CT molecular complexity index is 1020. The minimum Gasteiger partial charge on any atom is -0.495 e. The quantitative estimate of drug-likeness (QED) is 0.660. The van der Waals surface area contributed by atoms with Crippen molar-refractivity contribution in [2.75, 3.05) is 23.7 Å². The van der Waals surface area contributed by atoms with Gasteiger partial charge in [0.1, 0.15) is 11.8 Å². The van der Waals surface area contributed by atoms with E-state index >= 15 is 0 Å². The maximum absolute atomic E-state index is 12.8. The van der Waals surface area contributed by atoms with Crippen LogP contribution >= 0.6 is 0 Å². The number of urea groups is 1. The lowest BCUT2D eigenvalue weighted by Crippen LogP contribution is -2.45. The fourth-order valence-electron chi connectivity index (χ4n) is 3.20. The number of ether oxygens (including phenoxy) is 1. The number of hydrogen-bond acceptors (Lipinski definition) is 5. The van der Waals surface area contributed by atoms with E-state index in [1.807, 2.05) is 0 Å². The topological polar surface area (TPSA) is 131 Å². The minimum absolute atomic E-state index is 0.0283. The van der Waals surface area contributed by atoms with Crippen molar-refractivity contribution in [1.82, 2.24) is 4.90 Å². The average molecular weight is 418 g/mol. The molecule has 2 aromatic rings. The lowest BCUT2D eigenvalue weighted by molar-refractivity contribution is -0.119. The van der Waals surface area contributed by atoms with Crippen LogP contribution in [-0.4, -0.2) is 45.0 Å². The van der Waals surface area contributed by atoms with E-state index in [1.165, 1.54) is 30.2 Å². The van der Waals surface area contributed by atoms with Crippen molar-refractivity contribution >= 4 is 33.3 Å². The van der Waals surface area contributed by atoms with E-state index in [0.717, 1.165) is 0 Å². The summed E-state index contributed by atoms with van der Waals surface area (Å²) >= 11 is 0. The van der Waals surface area contributed by atoms with Crippen LogP contribution in [0.3, 0.4) is 0 Å². The standard InChI is InChI=1S/C19H22N4O5S/c1-28-17-10-3-2-8-15(17)22-29(26,27)14-7-4-6-13(12-14)21-18(24)16-9-5-11-23(16)19(20)25/h2-4,6-8,10,12,16,22H,5,9,11H2,1H3,(H2,20,25)(H,21,24)/t16-/m1/s1. The predicted molar refractivity (Wildman–Crippen MR) is 108 cm³/mol. The highest BCUT2D eigenvalue weighted by Crippen LogP contribution is 2.27. The number of nitrogens with zero attached hydrogens (tertiary/aromatic N) is 1. The molecule has 2 aromatic carbocycles. The Hall–Kier alpha value is -3.27. The number of anilines is 2. The lowest BCUT2D eigenvalue weighted by Gasteiger charge is -2.21. The molecule has 1 heterocycles. The molecule has 1 aliphatic heterocycles. The molecule has 0 unspecified atom stereocenters. The fraction of sp³-hybridized carbons (Fsp3) is 0.263. The molecule has 29 heavy (non-hydrogen) atoms. The predicted octanol–water partition coefficient (Wildman–Crippen LogP) is 1.98. The SMILES string of the molecule is COc1ccccc1NS(=O)(=O)c1cccc(NC(=O)[C@H]2CCCN2C(N)=O)c1. The number of amides is 3. The van der Waals surface area contributed by atoms with Gasteiger partial charge in [0.25, 0.3) is 10.0 Å². The second kappa shape index (κ2) is 8.39. The molecule has 0 spiro atoms. The summed E-state index contributed by atoms with van der Waals surface area (Å²) < 4.78 is 33.2. The van der Waals surface area contributed by atoms with Gasteiger partial charge in [0.15, 0.2) is 0 Å². The molecule has 154 valence electrons. The highest BCUT2D eigenvalue weighted by Gasteiger charge is 2.33. The third kappa shape index (κ3) is 4.60. The molecule has 0 saturated carbocycles. The minimum atomic E-state index is -3.91. The smallest absolute Gasteiger partial charge is 0.315 e. The van der Waals surface area contributed by atoms with Gasteiger partial charge < -0.3 is 20.7 Å². The van der Waals surface area contributed by atoms with Crippen LogP contribution < -0.4 is 20.5 Å². The van der Waals surface area contributed by atoms with Gasteiger partial charge >= 0.3 is 6.03 Å². The first-order valence-electron chi connectivity index (χ1n) is 8.94. The van der Waals surface area contributed by atoms with Crippen LogP contribution in [0, 0.1) is 0 Å². The van der Waals surface area contributed by atoms with Crippen LogP contribution in [0.25, 0.3) is 0 Å². The number of hydrogen-bond donors (Lipinski definition) is 3. The van der Waals surface area contributed by atoms with Crippen molar-refractivity contribution in [3.63, 3.8) is 0 Å². The van der Waals surface area contributed by atoms with E-state index in [1.54, 1.807) is 30.3 Å².